The fourth-order valence-corrected chi connectivity index (χ4v) is 2.19. The molecule has 26 heavy (non-hydrogen) atoms. The minimum atomic E-state index is -1.04. The van der Waals surface area contributed by atoms with Gasteiger partial charge in [0.1, 0.15) is 0 Å². The number of pyridine rings is 1. The molecular formula is C17H14N4O5. The first kappa shape index (κ1) is 17.1. The Bertz CT molecular complexity index is 926. The van der Waals surface area contributed by atoms with Gasteiger partial charge in [-0.2, -0.15) is 5.10 Å². The van der Waals surface area contributed by atoms with E-state index in [4.69, 9.17) is 9.47 Å². The SMILES string of the molecule is CC(OC(=O)c1ccn(-c2cccnc2)n1)Oc1ccccc1[N+](=O)[O-]. The summed E-state index contributed by atoms with van der Waals surface area (Å²) >= 11 is 0. The Kier molecular flexibility index (Phi) is 4.88. The number of nitrogens with zero attached hydrogens (tertiary/aromatic N) is 4. The van der Waals surface area contributed by atoms with E-state index in [1.54, 1.807) is 36.8 Å². The van der Waals surface area contributed by atoms with Crippen molar-refractivity contribution in [2.75, 3.05) is 0 Å². The first-order chi connectivity index (χ1) is 12.5. The molecule has 0 aliphatic heterocycles. The predicted molar refractivity (Wildman–Crippen MR) is 90.0 cm³/mol. The third kappa shape index (κ3) is 3.83. The van der Waals surface area contributed by atoms with Gasteiger partial charge in [0.15, 0.2) is 5.69 Å². The highest BCUT2D eigenvalue weighted by atomic mass is 16.7. The van der Waals surface area contributed by atoms with Crippen molar-refractivity contribution in [2.24, 2.45) is 0 Å². The quantitative estimate of drug-likeness (QED) is 0.290. The summed E-state index contributed by atoms with van der Waals surface area (Å²) < 4.78 is 12.0. The van der Waals surface area contributed by atoms with Crippen LogP contribution in [0.4, 0.5) is 5.69 Å². The Morgan fingerprint density at radius 1 is 1.23 bits per heavy atom. The van der Waals surface area contributed by atoms with Gasteiger partial charge in [0.2, 0.25) is 12.0 Å². The number of para-hydroxylation sites is 2. The van der Waals surface area contributed by atoms with E-state index in [9.17, 15) is 14.9 Å². The second-order valence-electron chi connectivity index (χ2n) is 5.17. The molecule has 0 saturated heterocycles. The predicted octanol–water partition coefficient (Wildman–Crippen LogP) is 2.76. The summed E-state index contributed by atoms with van der Waals surface area (Å²) in [6.07, 6.45) is 3.79. The maximum Gasteiger partial charge on any atom is 0.361 e. The van der Waals surface area contributed by atoms with Crippen LogP contribution in [0.3, 0.4) is 0 Å². The minimum Gasteiger partial charge on any atom is -0.448 e. The number of hydrogen-bond acceptors (Lipinski definition) is 7. The lowest BCUT2D eigenvalue weighted by atomic mass is 10.3. The molecule has 3 rings (SSSR count). The summed E-state index contributed by atoms with van der Waals surface area (Å²) in [5.74, 6) is -0.697. The van der Waals surface area contributed by atoms with Gasteiger partial charge in [-0.15, -0.1) is 0 Å². The molecule has 2 heterocycles. The minimum absolute atomic E-state index is 0.0127. The summed E-state index contributed by atoms with van der Waals surface area (Å²) in [4.78, 5) is 26.6. The van der Waals surface area contributed by atoms with E-state index in [-0.39, 0.29) is 17.1 Å². The van der Waals surface area contributed by atoms with Crippen LogP contribution in [0.15, 0.2) is 61.1 Å². The van der Waals surface area contributed by atoms with Crippen molar-refractivity contribution in [1.82, 2.24) is 14.8 Å². The standard InChI is InChI=1S/C17H14N4O5/c1-12(25-16-7-3-2-6-15(16)21(23)24)26-17(22)14-8-10-20(19-14)13-5-4-9-18-11-13/h2-12H,1H3. The number of nitro groups is 1. The lowest BCUT2D eigenvalue weighted by Gasteiger charge is -2.14. The summed E-state index contributed by atoms with van der Waals surface area (Å²) in [5, 5.41) is 15.1. The fraction of sp³-hybridized carbons (Fsp3) is 0.118. The lowest BCUT2D eigenvalue weighted by molar-refractivity contribution is -0.386. The monoisotopic (exact) mass is 354 g/mol. The van der Waals surface area contributed by atoms with Crippen LogP contribution in [0.5, 0.6) is 5.75 Å². The highest BCUT2D eigenvalue weighted by Crippen LogP contribution is 2.27. The summed E-state index contributed by atoms with van der Waals surface area (Å²) in [5.41, 5.74) is 0.555. The molecule has 1 aromatic carbocycles. The highest BCUT2D eigenvalue weighted by Gasteiger charge is 2.20. The molecule has 9 nitrogen and oxygen atoms in total. The average molecular weight is 354 g/mol. The summed E-state index contributed by atoms with van der Waals surface area (Å²) in [6.45, 7) is 1.47. The molecule has 0 fully saturated rings. The molecule has 0 radical (unpaired) electrons. The van der Waals surface area contributed by atoms with Crippen molar-refractivity contribution in [3.8, 4) is 11.4 Å². The molecule has 132 valence electrons. The van der Waals surface area contributed by atoms with Gasteiger partial charge in [-0.05, 0) is 24.3 Å². The molecule has 0 spiro atoms. The van der Waals surface area contributed by atoms with Crippen molar-refractivity contribution >= 4 is 11.7 Å². The van der Waals surface area contributed by atoms with Gasteiger partial charge in [0, 0.05) is 25.4 Å². The molecular weight excluding hydrogens is 340 g/mol. The average Bonchev–Trinajstić information content (AvgIpc) is 3.13. The molecule has 1 unspecified atom stereocenters. The van der Waals surface area contributed by atoms with Crippen LogP contribution in [-0.2, 0) is 4.74 Å². The zero-order valence-electron chi connectivity index (χ0n) is 13.7. The number of benzene rings is 1. The molecule has 1 atom stereocenters. The third-order valence-electron chi connectivity index (χ3n) is 3.34. The van der Waals surface area contributed by atoms with Gasteiger partial charge in [0.25, 0.3) is 0 Å². The maximum atomic E-state index is 12.2. The third-order valence-corrected chi connectivity index (χ3v) is 3.34. The first-order valence-electron chi connectivity index (χ1n) is 7.62. The van der Waals surface area contributed by atoms with Gasteiger partial charge >= 0.3 is 11.7 Å². The Morgan fingerprint density at radius 3 is 2.77 bits per heavy atom. The van der Waals surface area contributed by atoms with Crippen LogP contribution in [0.1, 0.15) is 17.4 Å². The van der Waals surface area contributed by atoms with Crippen LogP contribution in [0.2, 0.25) is 0 Å². The van der Waals surface area contributed by atoms with Crippen LogP contribution < -0.4 is 4.74 Å². The summed E-state index contributed by atoms with van der Waals surface area (Å²) in [7, 11) is 0. The van der Waals surface area contributed by atoms with E-state index in [0.717, 1.165) is 0 Å². The van der Waals surface area contributed by atoms with Gasteiger partial charge < -0.3 is 9.47 Å². The normalized spacial score (nSPS) is 11.6. The molecule has 0 N–H and O–H groups in total. The van der Waals surface area contributed by atoms with Gasteiger partial charge in [-0.1, -0.05) is 12.1 Å². The van der Waals surface area contributed by atoms with Crippen molar-refractivity contribution in [1.29, 1.82) is 0 Å². The molecule has 0 amide bonds. The van der Waals surface area contributed by atoms with E-state index < -0.39 is 17.2 Å². The van der Waals surface area contributed by atoms with Crippen LogP contribution in [0, 0.1) is 10.1 Å². The zero-order chi connectivity index (χ0) is 18.5. The number of ether oxygens (including phenoxy) is 2. The molecule has 0 aliphatic rings. The number of carbonyl (C=O) groups excluding carboxylic acids is 1. The fourth-order valence-electron chi connectivity index (χ4n) is 2.19. The van der Waals surface area contributed by atoms with E-state index in [1.165, 1.54) is 35.9 Å². The number of aromatic nitrogens is 3. The highest BCUT2D eigenvalue weighted by molar-refractivity contribution is 5.87. The van der Waals surface area contributed by atoms with E-state index in [0.29, 0.717) is 5.69 Å². The number of nitro benzene ring substituents is 1. The van der Waals surface area contributed by atoms with Crippen molar-refractivity contribution < 1.29 is 19.2 Å². The largest absolute Gasteiger partial charge is 0.448 e. The first-order valence-corrected chi connectivity index (χ1v) is 7.62. The molecule has 2 aromatic heterocycles. The van der Waals surface area contributed by atoms with E-state index >= 15 is 0 Å². The van der Waals surface area contributed by atoms with Gasteiger partial charge in [-0.3, -0.25) is 15.1 Å². The van der Waals surface area contributed by atoms with Crippen LogP contribution in [0.25, 0.3) is 5.69 Å². The van der Waals surface area contributed by atoms with Crippen LogP contribution in [-0.4, -0.2) is 31.9 Å². The van der Waals surface area contributed by atoms with Crippen molar-refractivity contribution in [3.05, 3.63) is 76.9 Å². The molecule has 0 aliphatic carbocycles. The molecule has 9 heteroatoms. The number of hydrogen-bond donors (Lipinski definition) is 0. The molecule has 0 bridgehead atoms. The van der Waals surface area contributed by atoms with Gasteiger partial charge in [-0.25, -0.2) is 9.48 Å². The molecule has 3 aromatic rings. The zero-order valence-corrected chi connectivity index (χ0v) is 13.7. The second kappa shape index (κ2) is 7.43. The number of esters is 1. The van der Waals surface area contributed by atoms with E-state index in [2.05, 4.69) is 10.1 Å². The van der Waals surface area contributed by atoms with Gasteiger partial charge in [0.05, 0.1) is 16.8 Å². The number of carbonyl (C=O) groups is 1. The molecule has 0 saturated carbocycles. The second-order valence-corrected chi connectivity index (χ2v) is 5.17. The Hall–Kier alpha value is -3.75. The Labute approximate surface area is 148 Å². The summed E-state index contributed by atoms with van der Waals surface area (Å²) in [6, 6.07) is 10.9. The van der Waals surface area contributed by atoms with Crippen molar-refractivity contribution in [2.45, 2.75) is 13.2 Å². The Balaban J connectivity index is 1.67. The topological polar surface area (TPSA) is 109 Å². The Morgan fingerprint density at radius 2 is 2.04 bits per heavy atom. The van der Waals surface area contributed by atoms with Crippen molar-refractivity contribution in [3.63, 3.8) is 0 Å². The maximum absolute atomic E-state index is 12.2. The van der Waals surface area contributed by atoms with Crippen LogP contribution >= 0.6 is 0 Å². The number of rotatable bonds is 6. The lowest BCUT2D eigenvalue weighted by Crippen LogP contribution is -2.21. The smallest absolute Gasteiger partial charge is 0.361 e. The van der Waals surface area contributed by atoms with E-state index in [1.807, 2.05) is 0 Å².